The lowest BCUT2D eigenvalue weighted by Gasteiger charge is -1.96. The molecular weight excluding hydrogens is 188 g/mol. The van der Waals surface area contributed by atoms with Crippen LogP contribution in [0.15, 0.2) is 16.4 Å². The Morgan fingerprint density at radius 2 is 2.42 bits per heavy atom. The zero-order valence-corrected chi connectivity index (χ0v) is 8.89. The molecular formula is C8H12N2S2. The molecule has 0 spiro atoms. The van der Waals surface area contributed by atoms with Crippen molar-refractivity contribution in [3.8, 4) is 0 Å². The summed E-state index contributed by atoms with van der Waals surface area (Å²) in [5.41, 5.74) is 7.76. The van der Waals surface area contributed by atoms with Crippen LogP contribution in [-0.4, -0.2) is 10.7 Å². The molecule has 0 radical (unpaired) electrons. The molecule has 0 amide bonds. The molecule has 0 atom stereocenters. The van der Waals surface area contributed by atoms with Crippen molar-refractivity contribution in [3.05, 3.63) is 17.8 Å². The Bertz CT molecular complexity index is 291. The predicted molar refractivity (Wildman–Crippen MR) is 56.8 cm³/mol. The van der Waals surface area contributed by atoms with Crippen molar-refractivity contribution in [2.24, 2.45) is 0 Å². The molecule has 0 aliphatic heterocycles. The summed E-state index contributed by atoms with van der Waals surface area (Å²) in [5.74, 6) is 0.947. The van der Waals surface area contributed by atoms with Crippen LogP contribution in [0, 0.1) is 6.92 Å². The van der Waals surface area contributed by atoms with E-state index in [4.69, 9.17) is 5.73 Å². The van der Waals surface area contributed by atoms with Gasteiger partial charge in [-0.05, 0) is 13.8 Å². The normalized spacial score (nSPS) is 10.2. The van der Waals surface area contributed by atoms with Gasteiger partial charge in [-0.15, -0.1) is 11.8 Å². The average molecular weight is 200 g/mol. The molecule has 4 heteroatoms. The lowest BCUT2D eigenvalue weighted by atomic mass is 10.4. The summed E-state index contributed by atoms with van der Waals surface area (Å²) >= 11 is 3.30. The lowest BCUT2D eigenvalue weighted by molar-refractivity contribution is 1.21. The van der Waals surface area contributed by atoms with E-state index in [1.807, 2.05) is 13.8 Å². The highest BCUT2D eigenvalue weighted by atomic mass is 32.2. The third-order valence-electron chi connectivity index (χ3n) is 1.22. The average Bonchev–Trinajstić information content (AvgIpc) is 2.26. The summed E-state index contributed by atoms with van der Waals surface area (Å²) in [7, 11) is 0. The molecule has 0 saturated carbocycles. The minimum Gasteiger partial charge on any atom is -0.375 e. The van der Waals surface area contributed by atoms with Crippen LogP contribution < -0.4 is 5.73 Å². The van der Waals surface area contributed by atoms with Crippen LogP contribution in [0.3, 0.4) is 0 Å². The number of nitrogen functional groups attached to an aromatic ring is 1. The van der Waals surface area contributed by atoms with E-state index in [1.165, 1.54) is 9.78 Å². The number of rotatable bonds is 3. The number of hydrogen-bond acceptors (Lipinski definition) is 4. The van der Waals surface area contributed by atoms with Crippen molar-refractivity contribution in [2.45, 2.75) is 18.1 Å². The number of anilines is 1. The van der Waals surface area contributed by atoms with Gasteiger partial charge in [0.05, 0.1) is 9.90 Å². The molecule has 1 heterocycles. The zero-order valence-electron chi connectivity index (χ0n) is 7.26. The van der Waals surface area contributed by atoms with Crippen molar-refractivity contribution in [3.63, 3.8) is 0 Å². The molecule has 66 valence electrons. The fourth-order valence-electron chi connectivity index (χ4n) is 0.725. The topological polar surface area (TPSA) is 38.9 Å². The highest BCUT2D eigenvalue weighted by Crippen LogP contribution is 2.31. The van der Waals surface area contributed by atoms with Gasteiger partial charge in [0.15, 0.2) is 5.13 Å². The summed E-state index contributed by atoms with van der Waals surface area (Å²) in [6.07, 6.45) is 0. The predicted octanol–water partition coefficient (Wildman–Crippen LogP) is 2.70. The minimum absolute atomic E-state index is 0.650. The number of aryl methyl sites for hydroxylation is 1. The van der Waals surface area contributed by atoms with Gasteiger partial charge in [0, 0.05) is 5.75 Å². The van der Waals surface area contributed by atoms with Gasteiger partial charge in [-0.25, -0.2) is 4.98 Å². The Hall–Kier alpha value is -0.480. The quantitative estimate of drug-likeness (QED) is 0.602. The maximum atomic E-state index is 5.56. The molecule has 1 rings (SSSR count). The second-order valence-electron chi connectivity index (χ2n) is 2.67. The van der Waals surface area contributed by atoms with E-state index in [0.29, 0.717) is 5.13 Å². The van der Waals surface area contributed by atoms with Crippen molar-refractivity contribution in [1.82, 2.24) is 4.98 Å². The van der Waals surface area contributed by atoms with Gasteiger partial charge in [0.1, 0.15) is 0 Å². The number of hydrogen-bond donors (Lipinski definition) is 1. The Balaban J connectivity index is 2.62. The molecule has 12 heavy (non-hydrogen) atoms. The zero-order chi connectivity index (χ0) is 9.14. The molecule has 1 aromatic rings. The SMILES string of the molecule is C=C(C)CSc1sc(N)nc1C. The largest absolute Gasteiger partial charge is 0.375 e. The standard InChI is InChI=1S/C8H12N2S2/c1-5(2)4-11-7-6(3)10-8(9)12-7/h1,4H2,2-3H3,(H2,9,10). The number of thioether (sulfide) groups is 1. The molecule has 2 nitrogen and oxygen atoms in total. The van der Waals surface area contributed by atoms with Gasteiger partial charge in [0.25, 0.3) is 0 Å². The molecule has 0 bridgehead atoms. The fourth-order valence-corrected chi connectivity index (χ4v) is 2.59. The molecule has 0 aliphatic carbocycles. The van der Waals surface area contributed by atoms with Crippen LogP contribution in [0.5, 0.6) is 0 Å². The maximum absolute atomic E-state index is 5.56. The van der Waals surface area contributed by atoms with E-state index < -0.39 is 0 Å². The molecule has 0 aliphatic rings. The first-order valence-corrected chi connectivity index (χ1v) is 5.40. The lowest BCUT2D eigenvalue weighted by Crippen LogP contribution is -1.81. The van der Waals surface area contributed by atoms with Gasteiger partial charge >= 0.3 is 0 Å². The van der Waals surface area contributed by atoms with Crippen molar-refractivity contribution in [1.29, 1.82) is 0 Å². The molecule has 1 aromatic heterocycles. The third-order valence-corrected chi connectivity index (χ3v) is 3.80. The summed E-state index contributed by atoms with van der Waals surface area (Å²) in [5, 5.41) is 0.650. The molecule has 2 N–H and O–H groups in total. The van der Waals surface area contributed by atoms with Crippen LogP contribution >= 0.6 is 23.1 Å². The smallest absolute Gasteiger partial charge is 0.181 e. The van der Waals surface area contributed by atoms with Crippen LogP contribution in [0.2, 0.25) is 0 Å². The van der Waals surface area contributed by atoms with Crippen LogP contribution in [0.4, 0.5) is 5.13 Å². The van der Waals surface area contributed by atoms with E-state index >= 15 is 0 Å². The summed E-state index contributed by atoms with van der Waals surface area (Å²) in [6, 6.07) is 0. The van der Waals surface area contributed by atoms with E-state index in [2.05, 4.69) is 11.6 Å². The molecule has 0 fully saturated rings. The Kier molecular flexibility index (Phi) is 3.17. The van der Waals surface area contributed by atoms with E-state index in [1.54, 1.807) is 23.1 Å². The number of thiazole rings is 1. The molecule has 0 saturated heterocycles. The van der Waals surface area contributed by atoms with Crippen LogP contribution in [-0.2, 0) is 0 Å². The van der Waals surface area contributed by atoms with E-state index in [-0.39, 0.29) is 0 Å². The first-order valence-electron chi connectivity index (χ1n) is 3.59. The maximum Gasteiger partial charge on any atom is 0.181 e. The minimum atomic E-state index is 0.650. The second kappa shape index (κ2) is 3.96. The van der Waals surface area contributed by atoms with Crippen molar-refractivity contribution >= 4 is 28.2 Å². The highest BCUT2D eigenvalue weighted by Gasteiger charge is 2.04. The fraction of sp³-hybridized carbons (Fsp3) is 0.375. The number of nitrogens with zero attached hydrogens (tertiary/aromatic N) is 1. The third kappa shape index (κ3) is 2.53. The first-order chi connectivity index (χ1) is 5.59. The van der Waals surface area contributed by atoms with Gasteiger partial charge in [-0.2, -0.15) is 0 Å². The van der Waals surface area contributed by atoms with Gasteiger partial charge in [-0.3, -0.25) is 0 Å². The Morgan fingerprint density at radius 1 is 1.75 bits per heavy atom. The monoisotopic (exact) mass is 200 g/mol. The Labute approximate surface area is 80.9 Å². The van der Waals surface area contributed by atoms with Crippen molar-refractivity contribution in [2.75, 3.05) is 11.5 Å². The van der Waals surface area contributed by atoms with E-state index in [0.717, 1.165) is 11.4 Å². The van der Waals surface area contributed by atoms with Crippen LogP contribution in [0.1, 0.15) is 12.6 Å². The van der Waals surface area contributed by atoms with Gasteiger partial charge < -0.3 is 5.73 Å². The second-order valence-corrected chi connectivity index (χ2v) is 4.95. The Morgan fingerprint density at radius 3 is 2.83 bits per heavy atom. The number of aromatic nitrogens is 1. The molecule has 0 unspecified atom stereocenters. The van der Waals surface area contributed by atoms with Crippen LogP contribution in [0.25, 0.3) is 0 Å². The van der Waals surface area contributed by atoms with Gasteiger partial charge in [0.2, 0.25) is 0 Å². The van der Waals surface area contributed by atoms with E-state index in [9.17, 15) is 0 Å². The highest BCUT2D eigenvalue weighted by molar-refractivity contribution is 8.01. The van der Waals surface area contributed by atoms with Gasteiger partial charge in [-0.1, -0.05) is 23.5 Å². The summed E-state index contributed by atoms with van der Waals surface area (Å²) in [6.45, 7) is 7.84. The summed E-state index contributed by atoms with van der Waals surface area (Å²) in [4.78, 5) is 4.13. The summed E-state index contributed by atoms with van der Waals surface area (Å²) < 4.78 is 1.20. The number of nitrogens with two attached hydrogens (primary N) is 1. The van der Waals surface area contributed by atoms with Crippen molar-refractivity contribution < 1.29 is 0 Å². The first kappa shape index (κ1) is 9.61. The molecule has 0 aromatic carbocycles.